The Labute approximate surface area is 222 Å². The lowest BCUT2D eigenvalue weighted by atomic mass is 9.94. The van der Waals surface area contributed by atoms with E-state index in [9.17, 15) is 24.0 Å². The number of ketones is 2. The molecule has 0 aliphatic carbocycles. The molecule has 9 heteroatoms. The maximum Gasteiger partial charge on any atom is 0.408 e. The summed E-state index contributed by atoms with van der Waals surface area (Å²) in [4.78, 5) is 65.5. The summed E-state index contributed by atoms with van der Waals surface area (Å²) in [6.07, 6.45) is 0.232. The van der Waals surface area contributed by atoms with Gasteiger partial charge in [0.25, 0.3) is 0 Å². The van der Waals surface area contributed by atoms with Gasteiger partial charge in [-0.05, 0) is 36.8 Å². The van der Waals surface area contributed by atoms with Crippen LogP contribution < -0.4 is 10.6 Å². The predicted molar refractivity (Wildman–Crippen MR) is 141 cm³/mol. The maximum absolute atomic E-state index is 13.2. The first kappa shape index (κ1) is 28.6. The van der Waals surface area contributed by atoms with Crippen LogP contribution in [0.4, 0.5) is 4.79 Å². The molecule has 1 aliphatic rings. The molecule has 202 valence electrons. The van der Waals surface area contributed by atoms with Crippen molar-refractivity contribution in [1.82, 2.24) is 15.5 Å². The summed E-state index contributed by atoms with van der Waals surface area (Å²) < 4.78 is 5.19. The average Bonchev–Trinajstić information content (AvgIpc) is 3.40. The van der Waals surface area contributed by atoms with Gasteiger partial charge in [0.15, 0.2) is 0 Å². The first-order valence-electron chi connectivity index (χ1n) is 12.9. The molecule has 0 unspecified atom stereocenters. The number of benzene rings is 2. The van der Waals surface area contributed by atoms with Crippen LogP contribution in [0.5, 0.6) is 0 Å². The largest absolute Gasteiger partial charge is 0.445 e. The van der Waals surface area contributed by atoms with Crippen LogP contribution in [-0.4, -0.2) is 59.0 Å². The monoisotopic (exact) mass is 521 g/mol. The number of nitrogens with one attached hydrogen (secondary N) is 2. The molecule has 1 heterocycles. The number of carbonyl (C=O) groups excluding carboxylic acids is 5. The molecule has 3 atom stereocenters. The average molecular weight is 522 g/mol. The highest BCUT2D eigenvalue weighted by Crippen LogP contribution is 2.20. The Kier molecular flexibility index (Phi) is 10.2. The van der Waals surface area contributed by atoms with Gasteiger partial charge in [-0.15, -0.1) is 0 Å². The van der Waals surface area contributed by atoms with E-state index < -0.39 is 47.6 Å². The lowest BCUT2D eigenvalue weighted by Gasteiger charge is -2.29. The second kappa shape index (κ2) is 13.5. The van der Waals surface area contributed by atoms with Crippen molar-refractivity contribution in [2.24, 2.45) is 5.92 Å². The van der Waals surface area contributed by atoms with Crippen LogP contribution in [-0.2, 0) is 36.9 Å². The van der Waals surface area contributed by atoms with Crippen LogP contribution >= 0.6 is 0 Å². The van der Waals surface area contributed by atoms with Crippen molar-refractivity contribution in [2.75, 3.05) is 6.54 Å². The zero-order valence-electron chi connectivity index (χ0n) is 22.0. The summed E-state index contributed by atoms with van der Waals surface area (Å²) in [6.45, 7) is 5.44. The van der Waals surface area contributed by atoms with Gasteiger partial charge < -0.3 is 20.3 Å². The SMILES string of the molecule is CC(C)[C@H](NC(=O)[C@@H]1CCCN1C(=O)[C@H](C)NC(=O)OCc1ccccc1)C(=O)C(=O)Cc1ccccc1. The second-order valence-electron chi connectivity index (χ2n) is 9.80. The number of alkyl carbamates (subject to hydrolysis) is 1. The number of ether oxygens (including phenoxy) is 1. The van der Waals surface area contributed by atoms with Crippen molar-refractivity contribution in [2.45, 2.75) is 64.8 Å². The molecule has 1 saturated heterocycles. The van der Waals surface area contributed by atoms with Gasteiger partial charge in [0.05, 0.1) is 6.04 Å². The number of nitrogens with zero attached hydrogens (tertiary/aromatic N) is 1. The number of carbonyl (C=O) groups is 5. The number of Topliss-reactive ketones (excluding diaryl/α,β-unsaturated/α-hetero) is 2. The summed E-state index contributed by atoms with van der Waals surface area (Å²) in [5.41, 5.74) is 1.53. The van der Waals surface area contributed by atoms with E-state index >= 15 is 0 Å². The molecule has 1 fully saturated rings. The van der Waals surface area contributed by atoms with Crippen molar-refractivity contribution in [3.63, 3.8) is 0 Å². The first-order valence-corrected chi connectivity index (χ1v) is 12.9. The van der Waals surface area contributed by atoms with Gasteiger partial charge in [0.2, 0.25) is 23.4 Å². The van der Waals surface area contributed by atoms with E-state index in [2.05, 4.69) is 10.6 Å². The smallest absolute Gasteiger partial charge is 0.408 e. The number of hydrogen-bond acceptors (Lipinski definition) is 6. The maximum atomic E-state index is 13.2. The lowest BCUT2D eigenvalue weighted by molar-refractivity contribution is -0.142. The fourth-order valence-electron chi connectivity index (χ4n) is 4.38. The fraction of sp³-hybridized carbons (Fsp3) is 0.414. The molecule has 0 spiro atoms. The van der Waals surface area contributed by atoms with Crippen LogP contribution in [0.25, 0.3) is 0 Å². The fourth-order valence-corrected chi connectivity index (χ4v) is 4.38. The van der Waals surface area contributed by atoms with Crippen molar-refractivity contribution in [3.8, 4) is 0 Å². The van der Waals surface area contributed by atoms with E-state index in [1.54, 1.807) is 38.1 Å². The summed E-state index contributed by atoms with van der Waals surface area (Å²) in [7, 11) is 0. The van der Waals surface area contributed by atoms with E-state index in [0.29, 0.717) is 19.4 Å². The van der Waals surface area contributed by atoms with E-state index in [4.69, 9.17) is 4.74 Å². The zero-order valence-corrected chi connectivity index (χ0v) is 22.0. The Morgan fingerprint density at radius 2 is 1.50 bits per heavy atom. The van der Waals surface area contributed by atoms with Gasteiger partial charge in [-0.1, -0.05) is 74.5 Å². The third-order valence-corrected chi connectivity index (χ3v) is 6.49. The van der Waals surface area contributed by atoms with Crippen molar-refractivity contribution in [3.05, 3.63) is 71.8 Å². The summed E-state index contributed by atoms with van der Waals surface area (Å²) >= 11 is 0. The van der Waals surface area contributed by atoms with Crippen LogP contribution in [0, 0.1) is 5.92 Å². The Hall–Kier alpha value is -4.01. The van der Waals surface area contributed by atoms with Crippen LogP contribution in [0.3, 0.4) is 0 Å². The highest BCUT2D eigenvalue weighted by atomic mass is 16.5. The van der Waals surface area contributed by atoms with Gasteiger partial charge in [0, 0.05) is 13.0 Å². The molecular weight excluding hydrogens is 486 g/mol. The van der Waals surface area contributed by atoms with Gasteiger partial charge in [0.1, 0.15) is 18.7 Å². The number of rotatable bonds is 11. The zero-order chi connectivity index (χ0) is 27.7. The third-order valence-electron chi connectivity index (χ3n) is 6.49. The molecule has 3 amide bonds. The first-order chi connectivity index (χ1) is 18.2. The second-order valence-corrected chi connectivity index (χ2v) is 9.80. The van der Waals surface area contributed by atoms with Crippen molar-refractivity contribution in [1.29, 1.82) is 0 Å². The topological polar surface area (TPSA) is 122 Å². The normalized spacial score (nSPS) is 16.4. The molecular formula is C29H35N3O6. The Morgan fingerprint density at radius 1 is 0.895 bits per heavy atom. The number of amides is 3. The Bertz CT molecular complexity index is 1140. The third kappa shape index (κ3) is 7.74. The molecule has 2 N–H and O–H groups in total. The molecule has 38 heavy (non-hydrogen) atoms. The van der Waals surface area contributed by atoms with Crippen LogP contribution in [0.1, 0.15) is 44.7 Å². The van der Waals surface area contributed by atoms with E-state index in [1.165, 1.54) is 11.8 Å². The lowest BCUT2D eigenvalue weighted by Crippen LogP contribution is -2.56. The molecule has 2 aromatic rings. The van der Waals surface area contributed by atoms with Gasteiger partial charge >= 0.3 is 6.09 Å². The number of hydrogen-bond donors (Lipinski definition) is 2. The standard InChI is InChI=1S/C29H35N3O6/c1-19(2)25(26(34)24(33)17-21-11-6-4-7-12-21)31-27(35)23-15-10-16-32(23)28(36)20(3)30-29(37)38-18-22-13-8-5-9-14-22/h4-9,11-14,19-20,23,25H,10,15-18H2,1-3H3,(H,30,37)(H,31,35)/t20-,23-,25-/m0/s1. The molecule has 2 aromatic carbocycles. The molecule has 0 radical (unpaired) electrons. The number of likely N-dealkylation sites (tertiary alicyclic amines) is 1. The molecule has 9 nitrogen and oxygen atoms in total. The molecule has 3 rings (SSSR count). The minimum Gasteiger partial charge on any atom is -0.445 e. The Morgan fingerprint density at radius 3 is 2.11 bits per heavy atom. The summed E-state index contributed by atoms with van der Waals surface area (Å²) in [5.74, 6) is -2.48. The highest BCUT2D eigenvalue weighted by molar-refractivity contribution is 6.40. The minimum atomic E-state index is -1.00. The van der Waals surface area contributed by atoms with E-state index in [0.717, 1.165) is 11.1 Å². The van der Waals surface area contributed by atoms with Crippen molar-refractivity contribution >= 4 is 29.5 Å². The van der Waals surface area contributed by atoms with Crippen LogP contribution in [0.2, 0.25) is 0 Å². The molecule has 1 aliphatic heterocycles. The predicted octanol–water partition coefficient (Wildman–Crippen LogP) is 2.81. The minimum absolute atomic E-state index is 0.0453. The van der Waals surface area contributed by atoms with E-state index in [-0.39, 0.29) is 18.9 Å². The Balaban J connectivity index is 1.57. The van der Waals surface area contributed by atoms with Gasteiger partial charge in [-0.25, -0.2) is 4.79 Å². The molecule has 0 aromatic heterocycles. The van der Waals surface area contributed by atoms with E-state index in [1.807, 2.05) is 36.4 Å². The molecule has 0 saturated carbocycles. The van der Waals surface area contributed by atoms with Crippen molar-refractivity contribution < 1.29 is 28.7 Å². The summed E-state index contributed by atoms with van der Waals surface area (Å²) in [6, 6.07) is 15.4. The molecule has 0 bridgehead atoms. The highest BCUT2D eigenvalue weighted by Gasteiger charge is 2.39. The summed E-state index contributed by atoms with van der Waals surface area (Å²) in [5, 5.41) is 5.23. The van der Waals surface area contributed by atoms with Gasteiger partial charge in [-0.2, -0.15) is 0 Å². The van der Waals surface area contributed by atoms with Gasteiger partial charge in [-0.3, -0.25) is 19.2 Å². The van der Waals surface area contributed by atoms with Crippen LogP contribution in [0.15, 0.2) is 60.7 Å². The quantitative estimate of drug-likeness (QED) is 0.439.